The van der Waals surface area contributed by atoms with Gasteiger partial charge in [-0.05, 0) is 31.5 Å². The molecule has 0 saturated carbocycles. The fourth-order valence-corrected chi connectivity index (χ4v) is 2.33. The number of nitrogens with zero attached hydrogens (tertiary/aromatic N) is 2. The summed E-state index contributed by atoms with van der Waals surface area (Å²) in [5, 5.41) is 9.45. The van der Waals surface area contributed by atoms with Gasteiger partial charge in [0.25, 0.3) is 0 Å². The molecule has 0 aliphatic carbocycles. The zero-order valence-electron chi connectivity index (χ0n) is 10.9. The SMILES string of the molecule is CC(C)N(CCC#N)C(CN)c1cccc(Cl)c1. The maximum atomic E-state index is 8.74. The van der Waals surface area contributed by atoms with Crippen molar-refractivity contribution in [3.63, 3.8) is 0 Å². The second kappa shape index (κ2) is 7.38. The first-order valence-electron chi connectivity index (χ1n) is 6.18. The molecule has 98 valence electrons. The Bertz CT molecular complexity index is 412. The van der Waals surface area contributed by atoms with Gasteiger partial charge in [-0.2, -0.15) is 5.26 Å². The van der Waals surface area contributed by atoms with Crippen LogP contribution in [0.2, 0.25) is 5.02 Å². The van der Waals surface area contributed by atoms with E-state index in [-0.39, 0.29) is 6.04 Å². The van der Waals surface area contributed by atoms with E-state index in [1.165, 1.54) is 0 Å². The first-order valence-corrected chi connectivity index (χ1v) is 6.56. The van der Waals surface area contributed by atoms with E-state index in [2.05, 4.69) is 24.8 Å². The number of hydrogen-bond donors (Lipinski definition) is 1. The van der Waals surface area contributed by atoms with E-state index in [1.54, 1.807) is 0 Å². The third kappa shape index (κ3) is 3.99. The molecule has 1 atom stereocenters. The summed E-state index contributed by atoms with van der Waals surface area (Å²) >= 11 is 6.02. The first-order chi connectivity index (χ1) is 8.60. The van der Waals surface area contributed by atoms with Crippen LogP contribution in [-0.2, 0) is 0 Å². The van der Waals surface area contributed by atoms with Crippen LogP contribution in [-0.4, -0.2) is 24.0 Å². The molecule has 18 heavy (non-hydrogen) atoms. The Morgan fingerprint density at radius 1 is 1.44 bits per heavy atom. The van der Waals surface area contributed by atoms with E-state index >= 15 is 0 Å². The van der Waals surface area contributed by atoms with Crippen LogP contribution in [0.25, 0.3) is 0 Å². The number of nitriles is 1. The highest BCUT2D eigenvalue weighted by atomic mass is 35.5. The summed E-state index contributed by atoms with van der Waals surface area (Å²) in [5.74, 6) is 0. The third-order valence-electron chi connectivity index (χ3n) is 3.00. The predicted molar refractivity (Wildman–Crippen MR) is 75.3 cm³/mol. The lowest BCUT2D eigenvalue weighted by atomic mass is 10.0. The van der Waals surface area contributed by atoms with E-state index < -0.39 is 0 Å². The van der Waals surface area contributed by atoms with Crippen molar-refractivity contribution in [3.8, 4) is 6.07 Å². The summed E-state index contributed by atoms with van der Waals surface area (Å²) in [7, 11) is 0. The van der Waals surface area contributed by atoms with Crippen LogP contribution in [0.5, 0.6) is 0 Å². The lowest BCUT2D eigenvalue weighted by Crippen LogP contribution is -2.39. The van der Waals surface area contributed by atoms with Gasteiger partial charge in [0, 0.05) is 36.6 Å². The minimum atomic E-state index is 0.108. The van der Waals surface area contributed by atoms with Crippen LogP contribution in [0, 0.1) is 11.3 Å². The molecule has 0 aromatic heterocycles. The summed E-state index contributed by atoms with van der Waals surface area (Å²) in [6, 6.07) is 10.4. The lowest BCUT2D eigenvalue weighted by Gasteiger charge is -2.34. The molecule has 1 rings (SSSR count). The van der Waals surface area contributed by atoms with Gasteiger partial charge >= 0.3 is 0 Å². The van der Waals surface area contributed by atoms with Crippen molar-refractivity contribution >= 4 is 11.6 Å². The zero-order chi connectivity index (χ0) is 13.5. The van der Waals surface area contributed by atoms with Crippen molar-refractivity contribution in [3.05, 3.63) is 34.9 Å². The van der Waals surface area contributed by atoms with E-state index in [4.69, 9.17) is 22.6 Å². The van der Waals surface area contributed by atoms with Gasteiger partial charge in [0.15, 0.2) is 0 Å². The summed E-state index contributed by atoms with van der Waals surface area (Å²) < 4.78 is 0. The molecule has 0 aliphatic rings. The molecule has 0 amide bonds. The van der Waals surface area contributed by atoms with Crippen LogP contribution in [0.1, 0.15) is 31.9 Å². The molecule has 1 aromatic carbocycles. The third-order valence-corrected chi connectivity index (χ3v) is 3.24. The summed E-state index contributed by atoms with van der Waals surface area (Å²) in [5.41, 5.74) is 7.01. The Balaban J connectivity index is 2.95. The highest BCUT2D eigenvalue weighted by molar-refractivity contribution is 6.30. The molecule has 0 spiro atoms. The van der Waals surface area contributed by atoms with Crippen molar-refractivity contribution < 1.29 is 0 Å². The van der Waals surface area contributed by atoms with Gasteiger partial charge in [0.1, 0.15) is 0 Å². The van der Waals surface area contributed by atoms with Gasteiger partial charge in [0.2, 0.25) is 0 Å². The maximum Gasteiger partial charge on any atom is 0.0635 e. The van der Waals surface area contributed by atoms with Gasteiger partial charge in [0.05, 0.1) is 6.07 Å². The molecule has 1 unspecified atom stereocenters. The molecular weight excluding hydrogens is 246 g/mol. The molecule has 2 N–H and O–H groups in total. The Morgan fingerprint density at radius 2 is 2.17 bits per heavy atom. The van der Waals surface area contributed by atoms with Crippen molar-refractivity contribution in [2.75, 3.05) is 13.1 Å². The maximum absolute atomic E-state index is 8.74. The van der Waals surface area contributed by atoms with E-state index in [0.29, 0.717) is 19.0 Å². The molecule has 0 bridgehead atoms. The monoisotopic (exact) mass is 265 g/mol. The second-order valence-corrected chi connectivity index (χ2v) is 4.98. The topological polar surface area (TPSA) is 53.0 Å². The van der Waals surface area contributed by atoms with Gasteiger partial charge in [-0.3, -0.25) is 4.90 Å². The molecule has 0 saturated heterocycles. The quantitative estimate of drug-likeness (QED) is 0.860. The van der Waals surface area contributed by atoms with E-state index in [1.807, 2.05) is 24.3 Å². The molecule has 1 aromatic rings. The van der Waals surface area contributed by atoms with E-state index in [0.717, 1.165) is 17.1 Å². The molecule has 0 heterocycles. The summed E-state index contributed by atoms with van der Waals surface area (Å²) in [6.45, 7) is 5.47. The Kier molecular flexibility index (Phi) is 6.14. The molecule has 3 nitrogen and oxygen atoms in total. The number of benzene rings is 1. The molecule has 0 aliphatic heterocycles. The fourth-order valence-electron chi connectivity index (χ4n) is 2.13. The zero-order valence-corrected chi connectivity index (χ0v) is 11.7. The van der Waals surface area contributed by atoms with Crippen molar-refractivity contribution in [1.29, 1.82) is 5.26 Å². The minimum Gasteiger partial charge on any atom is -0.329 e. The van der Waals surface area contributed by atoms with Crippen LogP contribution in [0.15, 0.2) is 24.3 Å². The van der Waals surface area contributed by atoms with Crippen LogP contribution in [0.3, 0.4) is 0 Å². The standard InChI is InChI=1S/C14H20ClN3/c1-11(2)18(8-4-7-16)14(10-17)12-5-3-6-13(15)9-12/h3,5-6,9,11,14H,4,8,10,17H2,1-2H3. The van der Waals surface area contributed by atoms with Crippen molar-refractivity contribution in [2.24, 2.45) is 5.73 Å². The predicted octanol–water partition coefficient (Wildman–Crippen LogP) is 2.96. The first kappa shape index (κ1) is 15.0. The molecule has 0 fully saturated rings. The highest BCUT2D eigenvalue weighted by Crippen LogP contribution is 2.24. The number of nitrogens with two attached hydrogens (primary N) is 1. The highest BCUT2D eigenvalue weighted by Gasteiger charge is 2.21. The smallest absolute Gasteiger partial charge is 0.0635 e. The van der Waals surface area contributed by atoms with Crippen LogP contribution in [0.4, 0.5) is 0 Å². The Morgan fingerprint density at radius 3 is 2.67 bits per heavy atom. The van der Waals surface area contributed by atoms with Gasteiger partial charge in [-0.25, -0.2) is 0 Å². The number of halogens is 1. The summed E-state index contributed by atoms with van der Waals surface area (Å²) in [4.78, 5) is 2.24. The normalized spacial score (nSPS) is 12.7. The van der Waals surface area contributed by atoms with Crippen LogP contribution < -0.4 is 5.73 Å². The molecule has 0 radical (unpaired) electrons. The molecular formula is C14H20ClN3. The van der Waals surface area contributed by atoms with Gasteiger partial charge < -0.3 is 5.73 Å². The average Bonchev–Trinajstić information content (AvgIpc) is 2.34. The fraction of sp³-hybridized carbons (Fsp3) is 0.500. The largest absolute Gasteiger partial charge is 0.329 e. The van der Waals surface area contributed by atoms with Gasteiger partial charge in [-0.15, -0.1) is 0 Å². The minimum absolute atomic E-state index is 0.108. The Hall–Kier alpha value is -1.08. The average molecular weight is 266 g/mol. The number of hydrogen-bond acceptors (Lipinski definition) is 3. The van der Waals surface area contributed by atoms with Crippen molar-refractivity contribution in [1.82, 2.24) is 4.90 Å². The van der Waals surface area contributed by atoms with Crippen molar-refractivity contribution in [2.45, 2.75) is 32.4 Å². The van der Waals surface area contributed by atoms with Crippen LogP contribution >= 0.6 is 11.6 Å². The summed E-state index contributed by atoms with van der Waals surface area (Å²) in [6.07, 6.45) is 0.509. The Labute approximate surface area is 114 Å². The lowest BCUT2D eigenvalue weighted by molar-refractivity contribution is 0.161. The number of rotatable bonds is 6. The van der Waals surface area contributed by atoms with Gasteiger partial charge in [-0.1, -0.05) is 23.7 Å². The molecule has 4 heteroatoms. The second-order valence-electron chi connectivity index (χ2n) is 4.55. The van der Waals surface area contributed by atoms with E-state index in [9.17, 15) is 0 Å².